The molecule has 0 bridgehead atoms. The summed E-state index contributed by atoms with van der Waals surface area (Å²) in [7, 11) is 0. The molecule has 4 rings (SSSR count). The predicted octanol–water partition coefficient (Wildman–Crippen LogP) is 4.25. The minimum absolute atomic E-state index is 0.763. The number of nitrogens with two attached hydrogens (primary N) is 1. The van der Waals surface area contributed by atoms with Gasteiger partial charge >= 0.3 is 0 Å². The smallest absolute Gasteiger partial charge is 0.137 e. The Kier molecular flexibility index (Phi) is 2.90. The van der Waals surface area contributed by atoms with Crippen LogP contribution in [0.2, 0.25) is 0 Å². The highest BCUT2D eigenvalue weighted by Crippen LogP contribution is 2.32. The third kappa shape index (κ3) is 2.04. The van der Waals surface area contributed by atoms with Gasteiger partial charge < -0.3 is 5.73 Å². The van der Waals surface area contributed by atoms with E-state index in [0.29, 0.717) is 0 Å². The van der Waals surface area contributed by atoms with Gasteiger partial charge in [0.25, 0.3) is 0 Å². The van der Waals surface area contributed by atoms with Crippen LogP contribution >= 0.6 is 0 Å². The van der Waals surface area contributed by atoms with E-state index < -0.39 is 0 Å². The average Bonchev–Trinajstić information content (AvgIpc) is 2.96. The molecule has 0 aliphatic heterocycles. The summed E-state index contributed by atoms with van der Waals surface area (Å²) in [5.41, 5.74) is 11.8. The van der Waals surface area contributed by atoms with Crippen LogP contribution in [0, 0.1) is 0 Å². The fourth-order valence-electron chi connectivity index (χ4n) is 2.71. The van der Waals surface area contributed by atoms with E-state index in [2.05, 4.69) is 16.5 Å². The Morgan fingerprint density at radius 3 is 2.23 bits per heavy atom. The standard InChI is InChI=1S/C19H15N3/c20-16-11-9-15(10-12-16)19-18(14-6-2-1-3-7-14)21-17-8-4-5-13-22(17)19/h1-13H,20H2. The summed E-state index contributed by atoms with van der Waals surface area (Å²) in [6, 6.07) is 24.2. The fourth-order valence-corrected chi connectivity index (χ4v) is 2.71. The number of aromatic nitrogens is 2. The number of hydrogen-bond donors (Lipinski definition) is 1. The molecule has 2 aromatic carbocycles. The van der Waals surface area contributed by atoms with Crippen molar-refractivity contribution in [3.8, 4) is 22.5 Å². The van der Waals surface area contributed by atoms with E-state index in [1.54, 1.807) is 0 Å². The van der Waals surface area contributed by atoms with Crippen LogP contribution in [0.25, 0.3) is 28.2 Å². The van der Waals surface area contributed by atoms with Crippen molar-refractivity contribution in [3.63, 3.8) is 0 Å². The van der Waals surface area contributed by atoms with Gasteiger partial charge in [0.2, 0.25) is 0 Å². The van der Waals surface area contributed by atoms with Gasteiger partial charge in [-0.3, -0.25) is 4.40 Å². The molecule has 3 nitrogen and oxygen atoms in total. The van der Waals surface area contributed by atoms with Crippen LogP contribution in [0.3, 0.4) is 0 Å². The lowest BCUT2D eigenvalue weighted by atomic mass is 10.0. The van der Waals surface area contributed by atoms with E-state index in [1.165, 1.54) is 0 Å². The minimum atomic E-state index is 0.763. The second-order valence-electron chi connectivity index (χ2n) is 5.23. The molecular formula is C19H15N3. The van der Waals surface area contributed by atoms with Crippen molar-refractivity contribution >= 4 is 11.3 Å². The molecule has 0 spiro atoms. The van der Waals surface area contributed by atoms with E-state index in [1.807, 2.05) is 66.9 Å². The first-order valence-corrected chi connectivity index (χ1v) is 7.21. The van der Waals surface area contributed by atoms with Crippen LogP contribution in [-0.4, -0.2) is 9.38 Å². The maximum Gasteiger partial charge on any atom is 0.137 e. The largest absolute Gasteiger partial charge is 0.399 e. The van der Waals surface area contributed by atoms with Crippen molar-refractivity contribution in [1.82, 2.24) is 9.38 Å². The Bertz CT molecular complexity index is 922. The molecule has 0 radical (unpaired) electrons. The molecule has 0 unspecified atom stereocenters. The summed E-state index contributed by atoms with van der Waals surface area (Å²) in [4.78, 5) is 4.81. The number of imidazole rings is 1. The second kappa shape index (κ2) is 5.04. The maximum atomic E-state index is 5.82. The van der Waals surface area contributed by atoms with Crippen molar-refractivity contribution in [1.29, 1.82) is 0 Å². The van der Waals surface area contributed by atoms with Crippen molar-refractivity contribution in [2.24, 2.45) is 0 Å². The molecule has 0 atom stereocenters. The topological polar surface area (TPSA) is 43.3 Å². The quantitative estimate of drug-likeness (QED) is 0.559. The molecule has 3 heteroatoms. The highest BCUT2D eigenvalue weighted by Gasteiger charge is 2.15. The van der Waals surface area contributed by atoms with E-state index in [-0.39, 0.29) is 0 Å². The third-order valence-electron chi connectivity index (χ3n) is 3.76. The molecule has 0 amide bonds. The Morgan fingerprint density at radius 1 is 0.727 bits per heavy atom. The van der Waals surface area contributed by atoms with Crippen LogP contribution < -0.4 is 5.73 Å². The Labute approximate surface area is 128 Å². The van der Waals surface area contributed by atoms with Crippen LogP contribution in [0.15, 0.2) is 79.0 Å². The van der Waals surface area contributed by atoms with Gasteiger partial charge in [0.15, 0.2) is 0 Å². The average molecular weight is 285 g/mol. The molecule has 2 aromatic heterocycles. The molecule has 22 heavy (non-hydrogen) atoms. The van der Waals surface area contributed by atoms with Crippen LogP contribution in [0.4, 0.5) is 5.69 Å². The summed E-state index contributed by atoms with van der Waals surface area (Å²) in [6.45, 7) is 0. The van der Waals surface area contributed by atoms with Gasteiger partial charge in [0.05, 0.1) is 11.4 Å². The molecule has 2 N–H and O–H groups in total. The zero-order valence-electron chi connectivity index (χ0n) is 12.0. The summed E-state index contributed by atoms with van der Waals surface area (Å²) in [6.07, 6.45) is 2.04. The number of anilines is 1. The van der Waals surface area contributed by atoms with Crippen LogP contribution in [0.5, 0.6) is 0 Å². The Hall–Kier alpha value is -3.07. The number of rotatable bonds is 2. The number of nitrogens with zero attached hydrogens (tertiary/aromatic N) is 2. The van der Waals surface area contributed by atoms with Gasteiger partial charge in [-0.15, -0.1) is 0 Å². The summed E-state index contributed by atoms with van der Waals surface area (Å²) >= 11 is 0. The zero-order chi connectivity index (χ0) is 14.9. The monoisotopic (exact) mass is 285 g/mol. The van der Waals surface area contributed by atoms with E-state index in [0.717, 1.165) is 33.8 Å². The first-order valence-electron chi connectivity index (χ1n) is 7.21. The molecule has 4 aromatic rings. The third-order valence-corrected chi connectivity index (χ3v) is 3.76. The first-order chi connectivity index (χ1) is 10.8. The number of nitrogen functional groups attached to an aromatic ring is 1. The first kappa shape index (κ1) is 12.7. The van der Waals surface area contributed by atoms with Gasteiger partial charge in [-0.2, -0.15) is 0 Å². The Balaban J connectivity index is 2.04. The molecule has 106 valence electrons. The summed E-state index contributed by atoms with van der Waals surface area (Å²) in [5.74, 6) is 0. The molecule has 0 saturated carbocycles. The van der Waals surface area contributed by atoms with Crippen molar-refractivity contribution in [3.05, 3.63) is 79.0 Å². The molecule has 0 aliphatic carbocycles. The van der Waals surface area contributed by atoms with Crippen LogP contribution in [-0.2, 0) is 0 Å². The molecule has 0 saturated heterocycles. The zero-order valence-corrected chi connectivity index (χ0v) is 12.0. The Morgan fingerprint density at radius 2 is 1.45 bits per heavy atom. The molecule has 0 aliphatic rings. The molecule has 0 fully saturated rings. The normalized spacial score (nSPS) is 10.9. The number of hydrogen-bond acceptors (Lipinski definition) is 2. The van der Waals surface area contributed by atoms with Gasteiger partial charge in [0.1, 0.15) is 5.65 Å². The number of benzene rings is 2. The highest BCUT2D eigenvalue weighted by atomic mass is 15.0. The maximum absolute atomic E-state index is 5.82. The molecule has 2 heterocycles. The van der Waals surface area contributed by atoms with Gasteiger partial charge in [-0.1, -0.05) is 48.5 Å². The fraction of sp³-hybridized carbons (Fsp3) is 0. The number of fused-ring (bicyclic) bond motifs is 1. The van der Waals surface area contributed by atoms with Gasteiger partial charge in [0, 0.05) is 23.0 Å². The lowest BCUT2D eigenvalue weighted by Crippen LogP contribution is -1.90. The minimum Gasteiger partial charge on any atom is -0.399 e. The second-order valence-corrected chi connectivity index (χ2v) is 5.23. The highest BCUT2D eigenvalue weighted by molar-refractivity contribution is 5.82. The predicted molar refractivity (Wildman–Crippen MR) is 90.5 cm³/mol. The van der Waals surface area contributed by atoms with E-state index in [9.17, 15) is 0 Å². The van der Waals surface area contributed by atoms with Crippen molar-refractivity contribution in [2.45, 2.75) is 0 Å². The lowest BCUT2D eigenvalue weighted by molar-refractivity contribution is 1.19. The van der Waals surface area contributed by atoms with Gasteiger partial charge in [-0.25, -0.2) is 4.98 Å². The van der Waals surface area contributed by atoms with Gasteiger partial charge in [-0.05, 0) is 24.3 Å². The van der Waals surface area contributed by atoms with Crippen molar-refractivity contribution in [2.75, 3.05) is 5.73 Å². The SMILES string of the molecule is Nc1ccc(-c2c(-c3ccccc3)nc3ccccn23)cc1. The lowest BCUT2D eigenvalue weighted by Gasteiger charge is -2.06. The van der Waals surface area contributed by atoms with Crippen molar-refractivity contribution < 1.29 is 0 Å². The van der Waals surface area contributed by atoms with E-state index >= 15 is 0 Å². The summed E-state index contributed by atoms with van der Waals surface area (Å²) in [5, 5.41) is 0. The molecular weight excluding hydrogens is 270 g/mol. The van der Waals surface area contributed by atoms with E-state index in [4.69, 9.17) is 10.7 Å². The van der Waals surface area contributed by atoms with Crippen LogP contribution in [0.1, 0.15) is 0 Å². The summed E-state index contributed by atoms with van der Waals surface area (Å²) < 4.78 is 2.12. The number of pyridine rings is 1.